The number of hydrogen-bond acceptors (Lipinski definition) is 4. The summed E-state index contributed by atoms with van der Waals surface area (Å²) in [5.74, 6) is 0.557. The van der Waals surface area contributed by atoms with Gasteiger partial charge in [-0.05, 0) is 26.3 Å². The fraction of sp³-hybridized carbons (Fsp3) is 0.421. The zero-order valence-corrected chi connectivity index (χ0v) is 19.6. The number of carbonyl (C=O) groups excluding carboxylic acids is 1. The van der Waals surface area contributed by atoms with Gasteiger partial charge in [0.25, 0.3) is 0 Å². The molecule has 1 unspecified atom stereocenters. The van der Waals surface area contributed by atoms with Crippen LogP contribution in [0.3, 0.4) is 0 Å². The SMILES string of the molecule is Cc1nc(CNC(=NCC(=O)N(C)C)NC(C)c2ccccc2)sc1C.I. The molecule has 2 aromatic rings. The average Bonchev–Trinajstić information content (AvgIpc) is 2.95. The van der Waals surface area contributed by atoms with E-state index in [1.54, 1.807) is 25.4 Å². The van der Waals surface area contributed by atoms with Crippen LogP contribution in [0.25, 0.3) is 0 Å². The summed E-state index contributed by atoms with van der Waals surface area (Å²) in [7, 11) is 3.46. The predicted molar refractivity (Wildman–Crippen MR) is 123 cm³/mol. The highest BCUT2D eigenvalue weighted by Gasteiger charge is 2.11. The Morgan fingerprint density at radius 1 is 1.26 bits per heavy atom. The smallest absolute Gasteiger partial charge is 0.243 e. The highest BCUT2D eigenvalue weighted by Crippen LogP contribution is 2.16. The van der Waals surface area contributed by atoms with Gasteiger partial charge in [-0.2, -0.15) is 0 Å². The summed E-state index contributed by atoms with van der Waals surface area (Å²) in [5.41, 5.74) is 2.21. The number of halogens is 1. The third kappa shape index (κ3) is 7.45. The highest BCUT2D eigenvalue weighted by atomic mass is 127. The van der Waals surface area contributed by atoms with E-state index in [1.165, 1.54) is 9.78 Å². The molecule has 0 spiro atoms. The van der Waals surface area contributed by atoms with Crippen LogP contribution >= 0.6 is 35.3 Å². The summed E-state index contributed by atoms with van der Waals surface area (Å²) in [6.07, 6.45) is 0. The molecular formula is C19H28IN5OS. The van der Waals surface area contributed by atoms with Crippen LogP contribution in [0.2, 0.25) is 0 Å². The number of guanidine groups is 1. The molecule has 148 valence electrons. The van der Waals surface area contributed by atoms with E-state index in [2.05, 4.69) is 46.6 Å². The Hall–Kier alpha value is -1.68. The summed E-state index contributed by atoms with van der Waals surface area (Å²) < 4.78 is 0. The molecule has 27 heavy (non-hydrogen) atoms. The van der Waals surface area contributed by atoms with Crippen molar-refractivity contribution in [2.45, 2.75) is 33.4 Å². The fourth-order valence-corrected chi connectivity index (χ4v) is 3.12. The van der Waals surface area contributed by atoms with Gasteiger partial charge in [-0.3, -0.25) is 4.79 Å². The first-order valence-electron chi connectivity index (χ1n) is 8.59. The summed E-state index contributed by atoms with van der Waals surface area (Å²) in [6.45, 7) is 6.81. The number of carbonyl (C=O) groups is 1. The average molecular weight is 501 g/mol. The lowest BCUT2D eigenvalue weighted by molar-refractivity contribution is -0.127. The van der Waals surface area contributed by atoms with Crippen molar-refractivity contribution >= 4 is 47.2 Å². The van der Waals surface area contributed by atoms with Gasteiger partial charge in [0, 0.05) is 19.0 Å². The van der Waals surface area contributed by atoms with Crippen LogP contribution in [0.4, 0.5) is 0 Å². The summed E-state index contributed by atoms with van der Waals surface area (Å²) in [5, 5.41) is 7.65. The molecule has 0 saturated heterocycles. The largest absolute Gasteiger partial charge is 0.350 e. The topological polar surface area (TPSA) is 69.6 Å². The summed E-state index contributed by atoms with van der Waals surface area (Å²) >= 11 is 1.67. The van der Waals surface area contributed by atoms with Crippen LogP contribution in [0, 0.1) is 13.8 Å². The maximum atomic E-state index is 11.9. The number of aryl methyl sites for hydroxylation is 2. The second-order valence-electron chi connectivity index (χ2n) is 6.33. The van der Waals surface area contributed by atoms with Crippen LogP contribution in [-0.4, -0.2) is 42.4 Å². The van der Waals surface area contributed by atoms with Gasteiger partial charge >= 0.3 is 0 Å². The Kier molecular flexibility index (Phi) is 9.71. The summed E-state index contributed by atoms with van der Waals surface area (Å²) in [6, 6.07) is 10.2. The lowest BCUT2D eigenvalue weighted by Crippen LogP contribution is -2.39. The number of hydrogen-bond donors (Lipinski definition) is 2. The van der Waals surface area contributed by atoms with Gasteiger partial charge in [-0.15, -0.1) is 35.3 Å². The van der Waals surface area contributed by atoms with Crippen molar-refractivity contribution in [2.75, 3.05) is 20.6 Å². The number of nitrogens with one attached hydrogen (secondary N) is 2. The number of thiazole rings is 1. The van der Waals surface area contributed by atoms with Gasteiger partial charge in [0.2, 0.25) is 5.91 Å². The van der Waals surface area contributed by atoms with E-state index in [0.717, 1.165) is 16.3 Å². The van der Waals surface area contributed by atoms with Gasteiger partial charge in [-0.1, -0.05) is 30.3 Å². The molecule has 6 nitrogen and oxygen atoms in total. The molecular weight excluding hydrogens is 473 g/mol. The van der Waals surface area contributed by atoms with E-state index in [-0.39, 0.29) is 42.5 Å². The number of benzene rings is 1. The van der Waals surface area contributed by atoms with Crippen molar-refractivity contribution in [2.24, 2.45) is 4.99 Å². The molecule has 0 aliphatic heterocycles. The monoisotopic (exact) mass is 501 g/mol. The van der Waals surface area contributed by atoms with E-state index in [9.17, 15) is 4.79 Å². The van der Waals surface area contributed by atoms with Crippen molar-refractivity contribution in [3.8, 4) is 0 Å². The Morgan fingerprint density at radius 2 is 1.93 bits per heavy atom. The van der Waals surface area contributed by atoms with E-state index in [1.807, 2.05) is 25.1 Å². The summed E-state index contributed by atoms with van der Waals surface area (Å²) in [4.78, 5) is 23.6. The number of nitrogens with zero attached hydrogens (tertiary/aromatic N) is 3. The van der Waals surface area contributed by atoms with Gasteiger partial charge in [0.15, 0.2) is 5.96 Å². The molecule has 0 bridgehead atoms. The van der Waals surface area contributed by atoms with E-state index in [0.29, 0.717) is 12.5 Å². The lowest BCUT2D eigenvalue weighted by Gasteiger charge is -2.18. The van der Waals surface area contributed by atoms with E-state index < -0.39 is 0 Å². The molecule has 8 heteroatoms. The first kappa shape index (κ1) is 23.4. The van der Waals surface area contributed by atoms with Crippen LogP contribution in [-0.2, 0) is 11.3 Å². The molecule has 2 N–H and O–H groups in total. The van der Waals surface area contributed by atoms with E-state index >= 15 is 0 Å². The molecule has 0 aliphatic carbocycles. The van der Waals surface area contributed by atoms with Crippen LogP contribution in [0.1, 0.15) is 34.1 Å². The first-order valence-corrected chi connectivity index (χ1v) is 9.41. The van der Waals surface area contributed by atoms with Crippen molar-refractivity contribution in [3.63, 3.8) is 0 Å². The highest BCUT2D eigenvalue weighted by molar-refractivity contribution is 14.0. The van der Waals surface area contributed by atoms with E-state index in [4.69, 9.17) is 0 Å². The molecule has 0 saturated carbocycles. The maximum Gasteiger partial charge on any atom is 0.243 e. The third-order valence-electron chi connectivity index (χ3n) is 4.00. The lowest BCUT2D eigenvalue weighted by atomic mass is 10.1. The Bertz CT molecular complexity index is 741. The molecule has 2 rings (SSSR count). The van der Waals surface area contributed by atoms with Crippen molar-refractivity contribution < 1.29 is 4.79 Å². The normalized spacial score (nSPS) is 12.1. The zero-order chi connectivity index (χ0) is 19.1. The third-order valence-corrected chi connectivity index (χ3v) is 5.08. The molecule has 0 fully saturated rings. The van der Waals surface area contributed by atoms with Gasteiger partial charge < -0.3 is 15.5 Å². The molecule has 1 aromatic heterocycles. The zero-order valence-electron chi connectivity index (χ0n) is 16.4. The number of aromatic nitrogens is 1. The van der Waals surface area contributed by atoms with Gasteiger partial charge in [0.05, 0.1) is 18.3 Å². The molecule has 0 aliphatic rings. The van der Waals surface area contributed by atoms with Crippen LogP contribution in [0.5, 0.6) is 0 Å². The minimum absolute atomic E-state index is 0. The second-order valence-corrected chi connectivity index (χ2v) is 7.62. The second kappa shape index (κ2) is 11.2. The Labute approximate surface area is 182 Å². The molecule has 0 radical (unpaired) electrons. The number of amides is 1. The maximum absolute atomic E-state index is 11.9. The minimum Gasteiger partial charge on any atom is -0.350 e. The molecule has 1 amide bonds. The molecule has 1 atom stereocenters. The minimum atomic E-state index is -0.0422. The molecule has 1 aromatic carbocycles. The molecule has 1 heterocycles. The number of likely N-dealkylation sites (N-methyl/N-ethyl adjacent to an activating group) is 1. The number of rotatable bonds is 6. The van der Waals surface area contributed by atoms with Crippen molar-refractivity contribution in [1.82, 2.24) is 20.5 Å². The van der Waals surface area contributed by atoms with Gasteiger partial charge in [-0.25, -0.2) is 9.98 Å². The fourth-order valence-electron chi connectivity index (χ4n) is 2.24. The van der Waals surface area contributed by atoms with Crippen molar-refractivity contribution in [1.29, 1.82) is 0 Å². The standard InChI is InChI=1S/C19H27N5OS.HI/c1-13-15(3)26-17(22-13)11-20-19(21-12-18(25)24(4)5)23-14(2)16-9-7-6-8-10-16;/h6-10,14H,11-12H2,1-5H3,(H2,20,21,23);1H. The number of aliphatic imine (C=N–C) groups is 1. The van der Waals surface area contributed by atoms with Crippen LogP contribution < -0.4 is 10.6 Å². The van der Waals surface area contributed by atoms with Crippen LogP contribution in [0.15, 0.2) is 35.3 Å². The quantitative estimate of drug-likeness (QED) is 0.362. The van der Waals surface area contributed by atoms with Crippen molar-refractivity contribution in [3.05, 3.63) is 51.5 Å². The Balaban J connectivity index is 0.00000364. The first-order chi connectivity index (χ1) is 12.4. The Morgan fingerprint density at radius 3 is 2.48 bits per heavy atom. The predicted octanol–water partition coefficient (Wildman–Crippen LogP) is 3.26. The van der Waals surface area contributed by atoms with Gasteiger partial charge in [0.1, 0.15) is 11.6 Å².